The Morgan fingerprint density at radius 1 is 1.16 bits per heavy atom. The van der Waals surface area contributed by atoms with Crippen molar-refractivity contribution in [3.05, 3.63) is 87.8 Å². The van der Waals surface area contributed by atoms with Gasteiger partial charge in [-0.05, 0) is 85.1 Å². The number of benzene rings is 2. The van der Waals surface area contributed by atoms with Gasteiger partial charge in [0.1, 0.15) is 5.82 Å². The smallest absolute Gasteiger partial charge is 0.256 e. The number of nitrogens with one attached hydrogen (secondary N) is 2. The molecule has 0 bridgehead atoms. The summed E-state index contributed by atoms with van der Waals surface area (Å²) in [6.07, 6.45) is 4.05. The number of nitrogens with zero attached hydrogens (tertiary/aromatic N) is 2. The molecule has 0 aliphatic carbocycles. The first-order valence-electron chi connectivity index (χ1n) is 13.9. The van der Waals surface area contributed by atoms with E-state index in [1.807, 2.05) is 0 Å². The molecule has 204 valence electrons. The maximum atomic E-state index is 13.3. The first-order chi connectivity index (χ1) is 18.1. The molecular formula is C32H43ClN4O. The monoisotopic (exact) mass is 534 g/mol. The Bertz CT molecular complexity index is 1190. The van der Waals surface area contributed by atoms with E-state index in [1.165, 1.54) is 28.1 Å². The van der Waals surface area contributed by atoms with Crippen LogP contribution >= 0.6 is 11.6 Å². The Hall–Kier alpha value is -2.76. The molecule has 38 heavy (non-hydrogen) atoms. The van der Waals surface area contributed by atoms with Crippen LogP contribution in [0.3, 0.4) is 0 Å². The van der Waals surface area contributed by atoms with Gasteiger partial charge in [-0.3, -0.25) is 4.79 Å². The van der Waals surface area contributed by atoms with Crippen molar-refractivity contribution in [2.45, 2.75) is 72.9 Å². The minimum Gasteiger partial charge on any atom is -0.371 e. The molecule has 0 aromatic heterocycles. The average Bonchev–Trinajstić information content (AvgIpc) is 3.33. The maximum Gasteiger partial charge on any atom is 0.256 e. The predicted octanol–water partition coefficient (Wildman–Crippen LogP) is 6.89. The van der Waals surface area contributed by atoms with Crippen LogP contribution in [0.5, 0.6) is 0 Å². The van der Waals surface area contributed by atoms with Gasteiger partial charge in [0, 0.05) is 54.2 Å². The Kier molecular flexibility index (Phi) is 8.89. The Labute approximate surface area is 233 Å². The molecule has 1 amide bonds. The van der Waals surface area contributed by atoms with E-state index in [1.54, 1.807) is 24.3 Å². The van der Waals surface area contributed by atoms with Crippen molar-refractivity contribution < 1.29 is 4.79 Å². The zero-order valence-corrected chi connectivity index (χ0v) is 24.4. The number of likely N-dealkylation sites (tertiary alicyclic amines) is 1. The van der Waals surface area contributed by atoms with Gasteiger partial charge in [0.25, 0.3) is 5.91 Å². The number of halogens is 1. The highest BCUT2D eigenvalue weighted by molar-refractivity contribution is 6.30. The minimum atomic E-state index is -0.117. The van der Waals surface area contributed by atoms with E-state index in [9.17, 15) is 4.79 Å². The number of rotatable bonds is 9. The molecule has 2 aromatic rings. The quantitative estimate of drug-likeness (QED) is 0.368. The number of amides is 1. The van der Waals surface area contributed by atoms with Gasteiger partial charge in [0.15, 0.2) is 0 Å². The van der Waals surface area contributed by atoms with Gasteiger partial charge in [-0.2, -0.15) is 0 Å². The van der Waals surface area contributed by atoms with Crippen LogP contribution in [0.2, 0.25) is 5.02 Å². The van der Waals surface area contributed by atoms with Crippen molar-refractivity contribution in [1.29, 1.82) is 0 Å². The lowest BCUT2D eigenvalue weighted by Crippen LogP contribution is -2.45. The summed E-state index contributed by atoms with van der Waals surface area (Å²) in [6.45, 7) is 19.1. The number of allylic oxidation sites excluding steroid dienone is 2. The number of carbonyl (C=O) groups is 1. The van der Waals surface area contributed by atoms with Crippen molar-refractivity contribution in [3.63, 3.8) is 0 Å². The number of hydrogen-bond donors (Lipinski definition) is 2. The third-order valence-corrected chi connectivity index (χ3v) is 7.72. The van der Waals surface area contributed by atoms with Gasteiger partial charge >= 0.3 is 0 Å². The van der Waals surface area contributed by atoms with Gasteiger partial charge < -0.3 is 20.4 Å². The molecular weight excluding hydrogens is 492 g/mol. The van der Waals surface area contributed by atoms with Gasteiger partial charge in [-0.1, -0.05) is 58.0 Å². The van der Waals surface area contributed by atoms with Crippen LogP contribution in [-0.2, 0) is 13.0 Å². The van der Waals surface area contributed by atoms with Crippen LogP contribution in [-0.4, -0.2) is 36.5 Å². The van der Waals surface area contributed by atoms with E-state index in [0.717, 1.165) is 57.7 Å². The molecule has 6 heteroatoms. The molecule has 1 fully saturated rings. The van der Waals surface area contributed by atoms with Crippen LogP contribution in [0.25, 0.3) is 0 Å². The lowest BCUT2D eigenvalue weighted by atomic mass is 9.95. The first-order valence-corrected chi connectivity index (χ1v) is 14.2. The second-order valence-electron chi connectivity index (χ2n) is 11.9. The SMILES string of the molecule is C=C(CC)N1CCCC1CN1C(NC(=O)c2ccc(Cl)cc2)=C(C)Cc2cc(CNCC(C)(C)C)ccc21. The maximum absolute atomic E-state index is 13.3. The lowest BCUT2D eigenvalue weighted by Gasteiger charge is -2.39. The number of hydrogen-bond acceptors (Lipinski definition) is 4. The molecule has 2 heterocycles. The van der Waals surface area contributed by atoms with Gasteiger partial charge in [0.05, 0.1) is 0 Å². The third-order valence-electron chi connectivity index (χ3n) is 7.47. The molecule has 2 aromatic carbocycles. The molecule has 2 aliphatic rings. The molecule has 2 aliphatic heterocycles. The van der Waals surface area contributed by atoms with Crippen molar-refractivity contribution in [2.75, 3.05) is 24.5 Å². The summed E-state index contributed by atoms with van der Waals surface area (Å²) in [5, 5.41) is 7.49. The highest BCUT2D eigenvalue weighted by atomic mass is 35.5. The summed E-state index contributed by atoms with van der Waals surface area (Å²) >= 11 is 6.06. The van der Waals surface area contributed by atoms with E-state index in [-0.39, 0.29) is 11.3 Å². The fourth-order valence-electron chi connectivity index (χ4n) is 5.46. The van der Waals surface area contributed by atoms with Crippen molar-refractivity contribution in [1.82, 2.24) is 15.5 Å². The summed E-state index contributed by atoms with van der Waals surface area (Å²) in [5.41, 5.74) is 6.98. The highest BCUT2D eigenvalue weighted by Crippen LogP contribution is 2.35. The van der Waals surface area contributed by atoms with E-state index < -0.39 is 0 Å². The first kappa shape index (κ1) is 28.3. The molecule has 0 saturated carbocycles. The minimum absolute atomic E-state index is 0.117. The van der Waals surface area contributed by atoms with Crippen LogP contribution in [0.1, 0.15) is 75.4 Å². The molecule has 1 unspecified atom stereocenters. The summed E-state index contributed by atoms with van der Waals surface area (Å²) < 4.78 is 0. The van der Waals surface area contributed by atoms with E-state index in [2.05, 4.69) is 79.8 Å². The Balaban J connectivity index is 1.62. The Morgan fingerprint density at radius 3 is 2.58 bits per heavy atom. The fourth-order valence-corrected chi connectivity index (χ4v) is 5.58. The standard InChI is InChI=1S/C32H43ClN4O/c1-7-23(3)36-16-8-9-28(36)20-37-29-15-10-24(19-34-21-32(4,5)6)18-26(29)17-22(2)30(37)35-31(38)25-11-13-27(33)14-12-25/h10-15,18,28,34H,3,7-9,16-17,19-21H2,1-2,4-6H3,(H,35,38). The van der Waals surface area contributed by atoms with E-state index in [0.29, 0.717) is 16.6 Å². The summed E-state index contributed by atoms with van der Waals surface area (Å²) in [5.74, 6) is 0.777. The second kappa shape index (κ2) is 12.0. The summed E-state index contributed by atoms with van der Waals surface area (Å²) in [4.78, 5) is 18.1. The van der Waals surface area contributed by atoms with Crippen molar-refractivity contribution in [2.24, 2.45) is 5.41 Å². The zero-order chi connectivity index (χ0) is 27.4. The second-order valence-corrected chi connectivity index (χ2v) is 12.4. The number of anilines is 1. The molecule has 2 N–H and O–H groups in total. The highest BCUT2D eigenvalue weighted by Gasteiger charge is 2.32. The molecule has 1 saturated heterocycles. The largest absolute Gasteiger partial charge is 0.371 e. The van der Waals surface area contributed by atoms with Gasteiger partial charge in [-0.25, -0.2) is 0 Å². The molecule has 1 atom stereocenters. The third kappa shape index (κ3) is 6.81. The molecule has 0 radical (unpaired) electrons. The van der Waals surface area contributed by atoms with Crippen LogP contribution in [0.15, 0.2) is 66.1 Å². The van der Waals surface area contributed by atoms with Crippen LogP contribution in [0.4, 0.5) is 5.69 Å². The van der Waals surface area contributed by atoms with Crippen LogP contribution < -0.4 is 15.5 Å². The van der Waals surface area contributed by atoms with Crippen LogP contribution in [0, 0.1) is 5.41 Å². The molecule has 4 rings (SSSR count). The average molecular weight is 535 g/mol. The van der Waals surface area contributed by atoms with E-state index in [4.69, 9.17) is 11.6 Å². The van der Waals surface area contributed by atoms with Crippen molar-refractivity contribution >= 4 is 23.2 Å². The van der Waals surface area contributed by atoms with Gasteiger partial charge in [-0.15, -0.1) is 0 Å². The topological polar surface area (TPSA) is 47.6 Å². The Morgan fingerprint density at radius 2 is 1.89 bits per heavy atom. The summed E-state index contributed by atoms with van der Waals surface area (Å²) in [7, 11) is 0. The van der Waals surface area contributed by atoms with E-state index >= 15 is 0 Å². The summed E-state index contributed by atoms with van der Waals surface area (Å²) in [6, 6.07) is 14.2. The lowest BCUT2D eigenvalue weighted by molar-refractivity contribution is 0.0963. The number of fused-ring (bicyclic) bond motifs is 1. The van der Waals surface area contributed by atoms with Crippen molar-refractivity contribution in [3.8, 4) is 0 Å². The number of carbonyl (C=O) groups excluding carboxylic acids is 1. The predicted molar refractivity (Wildman–Crippen MR) is 159 cm³/mol. The normalized spacial score (nSPS) is 17.6. The fraction of sp³-hybridized carbons (Fsp3) is 0.469. The molecule has 5 nitrogen and oxygen atoms in total. The zero-order valence-electron chi connectivity index (χ0n) is 23.7. The molecule has 0 spiro atoms. The van der Waals surface area contributed by atoms with Gasteiger partial charge in [0.2, 0.25) is 0 Å².